The molecule has 22 heavy (non-hydrogen) atoms. The molecule has 2 N–H and O–H groups in total. The summed E-state index contributed by atoms with van der Waals surface area (Å²) in [5.74, 6) is 0. The van der Waals surface area contributed by atoms with Crippen LogP contribution in [0.4, 0.5) is 0 Å². The number of ether oxygens (including phenoxy) is 3. The summed E-state index contributed by atoms with van der Waals surface area (Å²) in [7, 11) is 1.58. The average Bonchev–Trinajstić information content (AvgIpc) is 2.53. The lowest BCUT2D eigenvalue weighted by Gasteiger charge is -2.39. The minimum atomic E-state index is -0.664. The smallest absolute Gasteiger partial charge is 0.114 e. The quantitative estimate of drug-likeness (QED) is 0.540. The van der Waals surface area contributed by atoms with Gasteiger partial charge < -0.3 is 24.4 Å². The summed E-state index contributed by atoms with van der Waals surface area (Å²) in [5, 5.41) is 19.2. The maximum absolute atomic E-state index is 10.4. The van der Waals surface area contributed by atoms with Gasteiger partial charge in [0, 0.05) is 7.11 Å². The Morgan fingerprint density at radius 2 is 1.77 bits per heavy atom. The Morgan fingerprint density at radius 3 is 2.41 bits per heavy atom. The monoisotopic (exact) mass is 318 g/mol. The molecule has 0 unspecified atom stereocenters. The van der Waals surface area contributed by atoms with Crippen LogP contribution in [-0.4, -0.2) is 61.6 Å². The van der Waals surface area contributed by atoms with E-state index in [1.54, 1.807) is 7.11 Å². The van der Waals surface area contributed by atoms with Crippen LogP contribution in [0, 0.1) is 0 Å². The predicted molar refractivity (Wildman–Crippen MR) is 86.0 cm³/mol. The molecule has 0 saturated carbocycles. The standard InChI is InChI=1S/C17H34O5/c1-3-4-5-6-7-8-9-10-14-16(19)17(20-2)15(13-22-14)21-12-11-18/h14-19H,3-13H2,1-2H3/t14-,15+,16-,17+/m0/s1. The van der Waals surface area contributed by atoms with Crippen LogP contribution in [0.5, 0.6) is 0 Å². The maximum atomic E-state index is 10.4. The van der Waals surface area contributed by atoms with Crippen LogP contribution >= 0.6 is 0 Å². The molecule has 0 amide bonds. The van der Waals surface area contributed by atoms with Crippen molar-refractivity contribution in [2.75, 3.05) is 26.9 Å². The lowest BCUT2D eigenvalue weighted by atomic mass is 9.95. The number of hydrogen-bond acceptors (Lipinski definition) is 5. The summed E-state index contributed by atoms with van der Waals surface area (Å²) in [5.41, 5.74) is 0. The van der Waals surface area contributed by atoms with Gasteiger partial charge in [-0.15, -0.1) is 0 Å². The third-order valence-corrected chi connectivity index (χ3v) is 4.35. The fourth-order valence-corrected chi connectivity index (χ4v) is 3.04. The molecule has 5 nitrogen and oxygen atoms in total. The molecule has 0 aliphatic carbocycles. The summed E-state index contributed by atoms with van der Waals surface area (Å²) in [6.07, 6.45) is 8.11. The van der Waals surface area contributed by atoms with Gasteiger partial charge in [0.1, 0.15) is 18.3 Å². The molecule has 1 heterocycles. The van der Waals surface area contributed by atoms with E-state index in [9.17, 15) is 5.11 Å². The summed E-state index contributed by atoms with van der Waals surface area (Å²) >= 11 is 0. The van der Waals surface area contributed by atoms with Crippen LogP contribution in [0.15, 0.2) is 0 Å². The van der Waals surface area contributed by atoms with E-state index in [1.807, 2.05) is 0 Å². The maximum Gasteiger partial charge on any atom is 0.114 e. The van der Waals surface area contributed by atoms with Crippen LogP contribution in [-0.2, 0) is 14.2 Å². The van der Waals surface area contributed by atoms with Crippen molar-refractivity contribution in [2.24, 2.45) is 0 Å². The predicted octanol–water partition coefficient (Wildman–Crippen LogP) is 2.28. The summed E-state index contributed by atoms with van der Waals surface area (Å²) in [6, 6.07) is 0. The van der Waals surface area contributed by atoms with Gasteiger partial charge in [-0.05, 0) is 6.42 Å². The molecule has 0 spiro atoms. The molecule has 0 aromatic carbocycles. The third kappa shape index (κ3) is 6.92. The van der Waals surface area contributed by atoms with Gasteiger partial charge in [0.05, 0.1) is 25.9 Å². The minimum absolute atomic E-state index is 0.0372. The van der Waals surface area contributed by atoms with Crippen molar-refractivity contribution >= 4 is 0 Å². The molecule has 1 fully saturated rings. The lowest BCUT2D eigenvalue weighted by molar-refractivity contribution is -0.212. The van der Waals surface area contributed by atoms with Gasteiger partial charge in [-0.2, -0.15) is 0 Å². The zero-order chi connectivity index (χ0) is 16.2. The van der Waals surface area contributed by atoms with Crippen molar-refractivity contribution in [3.05, 3.63) is 0 Å². The minimum Gasteiger partial charge on any atom is -0.394 e. The van der Waals surface area contributed by atoms with E-state index < -0.39 is 6.10 Å². The van der Waals surface area contributed by atoms with Gasteiger partial charge in [-0.3, -0.25) is 0 Å². The molecule has 5 heteroatoms. The van der Waals surface area contributed by atoms with Crippen LogP contribution in [0.1, 0.15) is 58.3 Å². The number of unbranched alkanes of at least 4 members (excludes halogenated alkanes) is 6. The molecule has 0 radical (unpaired) electrons. The van der Waals surface area contributed by atoms with Gasteiger partial charge in [-0.1, -0.05) is 51.9 Å². The molecular formula is C17H34O5. The Labute approximate surface area is 135 Å². The first-order valence-electron chi connectivity index (χ1n) is 8.79. The van der Waals surface area contributed by atoms with Crippen molar-refractivity contribution in [3.8, 4) is 0 Å². The Morgan fingerprint density at radius 1 is 1.09 bits per heavy atom. The summed E-state index contributed by atoms with van der Waals surface area (Å²) in [6.45, 7) is 2.84. The molecule has 0 bridgehead atoms. The average molecular weight is 318 g/mol. The van der Waals surface area contributed by atoms with Crippen molar-refractivity contribution < 1.29 is 24.4 Å². The molecule has 132 valence electrons. The van der Waals surface area contributed by atoms with Crippen molar-refractivity contribution in [1.29, 1.82) is 0 Å². The highest BCUT2D eigenvalue weighted by Crippen LogP contribution is 2.24. The van der Waals surface area contributed by atoms with E-state index in [1.165, 1.54) is 38.5 Å². The van der Waals surface area contributed by atoms with Gasteiger partial charge in [0.2, 0.25) is 0 Å². The number of rotatable bonds is 12. The highest BCUT2D eigenvalue weighted by Gasteiger charge is 2.39. The number of aliphatic hydroxyl groups excluding tert-OH is 2. The van der Waals surface area contributed by atoms with E-state index in [0.29, 0.717) is 6.61 Å². The van der Waals surface area contributed by atoms with Crippen molar-refractivity contribution in [1.82, 2.24) is 0 Å². The Kier molecular flexibility index (Phi) is 11.1. The van der Waals surface area contributed by atoms with E-state index in [2.05, 4.69) is 6.92 Å². The summed E-state index contributed by atoms with van der Waals surface area (Å²) in [4.78, 5) is 0. The van der Waals surface area contributed by atoms with E-state index in [4.69, 9.17) is 19.3 Å². The number of aliphatic hydroxyl groups is 2. The first kappa shape index (κ1) is 19.8. The highest BCUT2D eigenvalue weighted by atomic mass is 16.6. The first-order valence-corrected chi connectivity index (χ1v) is 8.79. The van der Waals surface area contributed by atoms with Crippen LogP contribution in [0.25, 0.3) is 0 Å². The molecule has 4 atom stereocenters. The second-order valence-corrected chi connectivity index (χ2v) is 6.11. The van der Waals surface area contributed by atoms with Crippen molar-refractivity contribution in [2.45, 2.75) is 82.7 Å². The van der Waals surface area contributed by atoms with Gasteiger partial charge in [0.25, 0.3) is 0 Å². The van der Waals surface area contributed by atoms with Gasteiger partial charge >= 0.3 is 0 Å². The van der Waals surface area contributed by atoms with Crippen molar-refractivity contribution in [3.63, 3.8) is 0 Å². The Balaban J connectivity index is 2.22. The molecule has 1 saturated heterocycles. The molecule has 1 aliphatic rings. The summed E-state index contributed by atoms with van der Waals surface area (Å²) < 4.78 is 16.6. The topological polar surface area (TPSA) is 68.2 Å². The van der Waals surface area contributed by atoms with Crippen LogP contribution in [0.3, 0.4) is 0 Å². The Bertz CT molecular complexity index is 261. The lowest BCUT2D eigenvalue weighted by Crippen LogP contribution is -2.54. The molecule has 1 aliphatic heterocycles. The fourth-order valence-electron chi connectivity index (χ4n) is 3.04. The van der Waals surface area contributed by atoms with Gasteiger partial charge in [0.15, 0.2) is 0 Å². The van der Waals surface area contributed by atoms with E-state index in [0.717, 1.165) is 12.8 Å². The zero-order valence-corrected chi connectivity index (χ0v) is 14.2. The molecule has 0 aromatic heterocycles. The SMILES string of the molecule is CCCCCCCCC[C@@H]1OC[C@@H](OCCO)[C@@H](OC)[C@H]1O. The largest absolute Gasteiger partial charge is 0.394 e. The second kappa shape index (κ2) is 12.3. The number of hydrogen-bond donors (Lipinski definition) is 2. The molecular weight excluding hydrogens is 284 g/mol. The fraction of sp³-hybridized carbons (Fsp3) is 1.00. The highest BCUT2D eigenvalue weighted by molar-refractivity contribution is 4.88. The van der Waals surface area contributed by atoms with E-state index >= 15 is 0 Å². The Hall–Kier alpha value is -0.200. The first-order chi connectivity index (χ1) is 10.7. The molecule has 1 rings (SSSR count). The zero-order valence-electron chi connectivity index (χ0n) is 14.2. The third-order valence-electron chi connectivity index (χ3n) is 4.35. The van der Waals surface area contributed by atoms with Gasteiger partial charge in [-0.25, -0.2) is 0 Å². The second-order valence-electron chi connectivity index (χ2n) is 6.11. The normalized spacial score (nSPS) is 28.9. The van der Waals surface area contributed by atoms with Crippen LogP contribution < -0.4 is 0 Å². The van der Waals surface area contributed by atoms with Crippen LogP contribution in [0.2, 0.25) is 0 Å². The number of methoxy groups -OCH3 is 1. The molecule has 0 aromatic rings. The van der Waals surface area contributed by atoms with E-state index in [-0.39, 0.29) is 31.5 Å².